The minimum Gasteiger partial charge on any atom is -0.339 e. The number of hydrogen-bond donors (Lipinski definition) is 2. The summed E-state index contributed by atoms with van der Waals surface area (Å²) in [5, 5.41) is 0. The average molecular weight is 200 g/mol. The molecule has 0 bridgehead atoms. The van der Waals surface area contributed by atoms with Crippen molar-refractivity contribution in [2.45, 2.75) is 19.9 Å². The van der Waals surface area contributed by atoms with Gasteiger partial charge in [0.1, 0.15) is 0 Å². The lowest BCUT2D eigenvalue weighted by Gasteiger charge is -2.36. The van der Waals surface area contributed by atoms with Crippen LogP contribution in [0.1, 0.15) is 13.8 Å². The number of rotatable bonds is 3. The van der Waals surface area contributed by atoms with Crippen molar-refractivity contribution in [2.75, 3.05) is 32.7 Å². The van der Waals surface area contributed by atoms with E-state index in [0.29, 0.717) is 6.04 Å². The molecule has 0 aromatic carbocycles. The van der Waals surface area contributed by atoms with Gasteiger partial charge in [0.15, 0.2) is 0 Å². The van der Waals surface area contributed by atoms with Gasteiger partial charge in [-0.05, 0) is 13.8 Å². The van der Waals surface area contributed by atoms with Crippen molar-refractivity contribution in [1.29, 1.82) is 0 Å². The van der Waals surface area contributed by atoms with Gasteiger partial charge in [0, 0.05) is 32.2 Å². The first-order valence-corrected chi connectivity index (χ1v) is 5.10. The molecule has 0 aromatic rings. The Bertz CT molecular complexity index is 187. The highest BCUT2D eigenvalue weighted by molar-refractivity contribution is 5.78. The second-order valence-corrected chi connectivity index (χ2v) is 3.89. The SMILES string of the molecule is CC(C)N1CCN(C(=O)CNN)CC1. The van der Waals surface area contributed by atoms with Gasteiger partial charge in [0.25, 0.3) is 0 Å². The molecule has 1 aliphatic heterocycles. The molecule has 1 amide bonds. The highest BCUT2D eigenvalue weighted by atomic mass is 16.2. The molecule has 1 fully saturated rings. The first-order chi connectivity index (χ1) is 6.65. The fraction of sp³-hybridized carbons (Fsp3) is 0.889. The molecule has 0 aliphatic carbocycles. The average Bonchev–Trinajstić information content (AvgIpc) is 2.18. The Kier molecular flexibility index (Phi) is 4.31. The maximum Gasteiger partial charge on any atom is 0.238 e. The Morgan fingerprint density at radius 2 is 1.93 bits per heavy atom. The van der Waals surface area contributed by atoms with Gasteiger partial charge in [-0.2, -0.15) is 0 Å². The van der Waals surface area contributed by atoms with E-state index < -0.39 is 0 Å². The first-order valence-electron chi connectivity index (χ1n) is 5.10. The Balaban J connectivity index is 2.31. The zero-order chi connectivity index (χ0) is 10.6. The number of hydrazine groups is 1. The van der Waals surface area contributed by atoms with Crippen LogP contribution < -0.4 is 11.3 Å². The van der Waals surface area contributed by atoms with Crippen molar-refractivity contribution >= 4 is 5.91 Å². The Hall–Kier alpha value is -0.650. The molecule has 14 heavy (non-hydrogen) atoms. The molecule has 5 nitrogen and oxygen atoms in total. The largest absolute Gasteiger partial charge is 0.339 e. The molecule has 1 aliphatic rings. The third-order valence-electron chi connectivity index (χ3n) is 2.65. The molecule has 82 valence electrons. The molecular weight excluding hydrogens is 180 g/mol. The Labute approximate surface area is 85.2 Å². The lowest BCUT2D eigenvalue weighted by Crippen LogP contribution is -2.52. The van der Waals surface area contributed by atoms with Crippen molar-refractivity contribution in [3.8, 4) is 0 Å². The van der Waals surface area contributed by atoms with Gasteiger partial charge in [0.05, 0.1) is 6.54 Å². The number of hydrogen-bond acceptors (Lipinski definition) is 4. The van der Waals surface area contributed by atoms with E-state index in [1.807, 2.05) is 4.90 Å². The van der Waals surface area contributed by atoms with Crippen LogP contribution in [-0.4, -0.2) is 54.5 Å². The summed E-state index contributed by atoms with van der Waals surface area (Å²) in [7, 11) is 0. The van der Waals surface area contributed by atoms with Gasteiger partial charge >= 0.3 is 0 Å². The van der Waals surface area contributed by atoms with Crippen LogP contribution in [0.25, 0.3) is 0 Å². The molecule has 0 atom stereocenters. The molecule has 1 rings (SSSR count). The van der Waals surface area contributed by atoms with Crippen molar-refractivity contribution < 1.29 is 4.79 Å². The monoisotopic (exact) mass is 200 g/mol. The summed E-state index contributed by atoms with van der Waals surface area (Å²) >= 11 is 0. The molecule has 0 saturated carbocycles. The van der Waals surface area contributed by atoms with Crippen LogP contribution in [0.4, 0.5) is 0 Å². The first kappa shape index (κ1) is 11.4. The zero-order valence-electron chi connectivity index (χ0n) is 8.99. The fourth-order valence-electron chi connectivity index (χ4n) is 1.69. The highest BCUT2D eigenvalue weighted by Gasteiger charge is 2.21. The van der Waals surface area contributed by atoms with Crippen molar-refractivity contribution in [2.24, 2.45) is 5.84 Å². The summed E-state index contributed by atoms with van der Waals surface area (Å²) in [5.41, 5.74) is 2.39. The third kappa shape index (κ3) is 2.94. The van der Waals surface area contributed by atoms with Crippen LogP contribution in [0.3, 0.4) is 0 Å². The van der Waals surface area contributed by atoms with E-state index in [9.17, 15) is 4.79 Å². The molecule has 0 aromatic heterocycles. The molecule has 3 N–H and O–H groups in total. The molecule has 0 unspecified atom stereocenters. The van der Waals surface area contributed by atoms with Crippen LogP contribution in [0.5, 0.6) is 0 Å². The van der Waals surface area contributed by atoms with Gasteiger partial charge in [-0.25, -0.2) is 0 Å². The Morgan fingerprint density at radius 1 is 1.36 bits per heavy atom. The number of nitrogens with zero attached hydrogens (tertiary/aromatic N) is 2. The fourth-order valence-corrected chi connectivity index (χ4v) is 1.69. The number of nitrogens with two attached hydrogens (primary N) is 1. The summed E-state index contributed by atoms with van der Waals surface area (Å²) in [6, 6.07) is 0.569. The zero-order valence-corrected chi connectivity index (χ0v) is 8.99. The Morgan fingerprint density at radius 3 is 2.36 bits per heavy atom. The normalized spacial score (nSPS) is 19.0. The lowest BCUT2D eigenvalue weighted by molar-refractivity contribution is -0.132. The second kappa shape index (κ2) is 5.29. The van der Waals surface area contributed by atoms with E-state index in [1.165, 1.54) is 0 Å². The predicted octanol–water partition coefficient (Wildman–Crippen LogP) is -0.998. The highest BCUT2D eigenvalue weighted by Crippen LogP contribution is 2.05. The number of amides is 1. The quantitative estimate of drug-likeness (QED) is 0.453. The predicted molar refractivity (Wildman–Crippen MR) is 55.5 cm³/mol. The van der Waals surface area contributed by atoms with Crippen LogP contribution >= 0.6 is 0 Å². The summed E-state index contributed by atoms with van der Waals surface area (Å²) in [6.45, 7) is 8.17. The van der Waals surface area contributed by atoms with Crippen LogP contribution in [0.15, 0.2) is 0 Å². The number of nitrogens with one attached hydrogen (secondary N) is 1. The molecular formula is C9H20N4O. The maximum atomic E-state index is 11.4. The molecule has 5 heteroatoms. The summed E-state index contributed by atoms with van der Waals surface area (Å²) in [5.74, 6) is 5.20. The number of piperazine rings is 1. The van der Waals surface area contributed by atoms with E-state index in [0.717, 1.165) is 26.2 Å². The summed E-state index contributed by atoms with van der Waals surface area (Å²) in [4.78, 5) is 15.7. The second-order valence-electron chi connectivity index (χ2n) is 3.89. The molecule has 0 radical (unpaired) electrons. The van der Waals surface area contributed by atoms with Gasteiger partial charge in [-0.15, -0.1) is 0 Å². The third-order valence-corrected chi connectivity index (χ3v) is 2.65. The molecule has 0 spiro atoms. The minimum atomic E-state index is 0.0934. The van der Waals surface area contributed by atoms with Crippen molar-refractivity contribution in [3.63, 3.8) is 0 Å². The van der Waals surface area contributed by atoms with Gasteiger partial charge in [-0.3, -0.25) is 21.0 Å². The van der Waals surface area contributed by atoms with Crippen LogP contribution in [-0.2, 0) is 4.79 Å². The minimum absolute atomic E-state index is 0.0934. The van der Waals surface area contributed by atoms with E-state index in [2.05, 4.69) is 24.2 Å². The van der Waals surface area contributed by atoms with E-state index in [1.54, 1.807) is 0 Å². The van der Waals surface area contributed by atoms with Gasteiger partial charge in [-0.1, -0.05) is 0 Å². The van der Waals surface area contributed by atoms with E-state index in [-0.39, 0.29) is 12.5 Å². The lowest BCUT2D eigenvalue weighted by atomic mass is 10.2. The van der Waals surface area contributed by atoms with Crippen molar-refractivity contribution in [3.05, 3.63) is 0 Å². The van der Waals surface area contributed by atoms with E-state index >= 15 is 0 Å². The van der Waals surface area contributed by atoms with Crippen LogP contribution in [0.2, 0.25) is 0 Å². The van der Waals surface area contributed by atoms with E-state index in [4.69, 9.17) is 5.84 Å². The molecule has 1 saturated heterocycles. The van der Waals surface area contributed by atoms with Crippen molar-refractivity contribution in [1.82, 2.24) is 15.2 Å². The maximum absolute atomic E-state index is 11.4. The number of carbonyl (C=O) groups is 1. The topological polar surface area (TPSA) is 61.6 Å². The summed E-state index contributed by atoms with van der Waals surface area (Å²) in [6.07, 6.45) is 0. The smallest absolute Gasteiger partial charge is 0.238 e. The van der Waals surface area contributed by atoms with Crippen LogP contribution in [0, 0.1) is 0 Å². The van der Waals surface area contributed by atoms with Gasteiger partial charge < -0.3 is 4.90 Å². The number of carbonyl (C=O) groups excluding carboxylic acids is 1. The summed E-state index contributed by atoms with van der Waals surface area (Å²) < 4.78 is 0. The van der Waals surface area contributed by atoms with Gasteiger partial charge in [0.2, 0.25) is 5.91 Å². The molecule has 1 heterocycles. The standard InChI is InChI=1S/C9H20N4O/c1-8(2)12-3-5-13(6-4-12)9(14)7-11-10/h8,11H,3-7,10H2,1-2H3.